The van der Waals surface area contributed by atoms with E-state index in [-0.39, 0.29) is 31.1 Å². The predicted molar refractivity (Wildman–Crippen MR) is 252 cm³/mol. The quantitative estimate of drug-likeness (QED) is 0.0263. The minimum Gasteiger partial charge on any atom is -0.462 e. The van der Waals surface area contributed by atoms with Gasteiger partial charge in [-0.1, -0.05) is 238 Å². The molecule has 0 amide bonds. The van der Waals surface area contributed by atoms with Gasteiger partial charge in [-0.15, -0.1) is 0 Å². The molecule has 6 nitrogen and oxygen atoms in total. The molecule has 0 unspecified atom stereocenters. The molecule has 0 saturated carbocycles. The average molecular weight is 831 g/mol. The van der Waals surface area contributed by atoms with Crippen LogP contribution in [0.15, 0.2) is 24.3 Å². The van der Waals surface area contributed by atoms with E-state index in [0.29, 0.717) is 19.3 Å². The number of ether oxygens (including phenoxy) is 3. The monoisotopic (exact) mass is 831 g/mol. The Hall–Kier alpha value is -2.11. The third-order valence-corrected chi connectivity index (χ3v) is 11.5. The maximum Gasteiger partial charge on any atom is 0.306 e. The maximum absolute atomic E-state index is 12.8. The first-order chi connectivity index (χ1) is 29.0. The minimum atomic E-state index is -0.771. The van der Waals surface area contributed by atoms with Crippen LogP contribution in [0.2, 0.25) is 0 Å². The molecule has 59 heavy (non-hydrogen) atoms. The fourth-order valence-corrected chi connectivity index (χ4v) is 7.52. The molecule has 0 saturated heterocycles. The molecule has 0 aliphatic rings. The highest BCUT2D eigenvalue weighted by Crippen LogP contribution is 2.16. The van der Waals surface area contributed by atoms with Crippen molar-refractivity contribution < 1.29 is 28.6 Å². The zero-order chi connectivity index (χ0) is 43.0. The number of carbonyl (C=O) groups excluding carboxylic acids is 3. The lowest BCUT2D eigenvalue weighted by atomic mass is 10.0. The van der Waals surface area contributed by atoms with Crippen molar-refractivity contribution in [1.29, 1.82) is 0 Å². The Labute approximate surface area is 366 Å². The van der Waals surface area contributed by atoms with E-state index < -0.39 is 6.10 Å². The molecule has 0 fully saturated rings. The van der Waals surface area contributed by atoms with Gasteiger partial charge in [0.1, 0.15) is 13.2 Å². The van der Waals surface area contributed by atoms with E-state index >= 15 is 0 Å². The molecular weight excluding hydrogens is 733 g/mol. The van der Waals surface area contributed by atoms with Gasteiger partial charge >= 0.3 is 17.9 Å². The summed E-state index contributed by atoms with van der Waals surface area (Å²) in [7, 11) is 0. The number of esters is 3. The summed E-state index contributed by atoms with van der Waals surface area (Å²) in [5, 5.41) is 0. The van der Waals surface area contributed by atoms with Crippen molar-refractivity contribution in [2.45, 2.75) is 284 Å². The van der Waals surface area contributed by atoms with Crippen LogP contribution in [-0.4, -0.2) is 37.2 Å². The van der Waals surface area contributed by atoms with E-state index in [1.54, 1.807) is 0 Å². The molecule has 0 rings (SSSR count). The van der Waals surface area contributed by atoms with Crippen LogP contribution in [0.3, 0.4) is 0 Å². The molecule has 0 bridgehead atoms. The fraction of sp³-hybridized carbons (Fsp3) is 0.868. The van der Waals surface area contributed by atoms with Gasteiger partial charge in [0.2, 0.25) is 0 Å². The Morgan fingerprint density at radius 1 is 0.339 bits per heavy atom. The lowest BCUT2D eigenvalue weighted by Gasteiger charge is -2.18. The van der Waals surface area contributed by atoms with E-state index in [9.17, 15) is 14.4 Å². The van der Waals surface area contributed by atoms with Crippen molar-refractivity contribution in [3.05, 3.63) is 24.3 Å². The first-order valence-electron chi connectivity index (χ1n) is 25.8. The highest BCUT2D eigenvalue weighted by Gasteiger charge is 2.19. The van der Waals surface area contributed by atoms with E-state index in [1.165, 1.54) is 154 Å². The van der Waals surface area contributed by atoms with E-state index in [0.717, 1.165) is 83.5 Å². The SMILES string of the molecule is CCCC/C=C\C/C=C\CCCCCCCC(=O)O[C@H](COC(=O)CCCCCCCCCCCCC)COC(=O)CCCCCCCCCCCCCCCCCC. The number of rotatable bonds is 47. The van der Waals surface area contributed by atoms with Crippen molar-refractivity contribution in [2.24, 2.45) is 0 Å². The highest BCUT2D eigenvalue weighted by molar-refractivity contribution is 5.71. The number of unbranched alkanes of at least 4 members (excludes halogenated alkanes) is 32. The second-order valence-corrected chi connectivity index (χ2v) is 17.4. The zero-order valence-electron chi connectivity index (χ0n) is 39.5. The molecule has 0 radical (unpaired) electrons. The zero-order valence-corrected chi connectivity index (χ0v) is 39.5. The molecule has 0 heterocycles. The maximum atomic E-state index is 12.8. The van der Waals surface area contributed by atoms with Crippen molar-refractivity contribution >= 4 is 17.9 Å². The summed E-state index contributed by atoms with van der Waals surface area (Å²) >= 11 is 0. The summed E-state index contributed by atoms with van der Waals surface area (Å²) in [4.78, 5) is 37.9. The van der Waals surface area contributed by atoms with Gasteiger partial charge in [0.25, 0.3) is 0 Å². The molecule has 0 aromatic heterocycles. The third-order valence-electron chi connectivity index (χ3n) is 11.5. The second-order valence-electron chi connectivity index (χ2n) is 17.4. The van der Waals surface area contributed by atoms with Gasteiger partial charge in [0.05, 0.1) is 0 Å². The molecule has 0 aliphatic heterocycles. The first kappa shape index (κ1) is 56.9. The van der Waals surface area contributed by atoms with Gasteiger partial charge in [-0.05, 0) is 44.9 Å². The van der Waals surface area contributed by atoms with Crippen molar-refractivity contribution in [2.75, 3.05) is 13.2 Å². The number of hydrogen-bond donors (Lipinski definition) is 0. The Bertz CT molecular complexity index is 958. The van der Waals surface area contributed by atoms with Crippen LogP contribution in [0.5, 0.6) is 0 Å². The molecule has 6 heteroatoms. The highest BCUT2D eigenvalue weighted by atomic mass is 16.6. The van der Waals surface area contributed by atoms with Crippen LogP contribution in [0, 0.1) is 0 Å². The van der Waals surface area contributed by atoms with Crippen molar-refractivity contribution in [3.8, 4) is 0 Å². The van der Waals surface area contributed by atoms with Crippen molar-refractivity contribution in [1.82, 2.24) is 0 Å². The summed E-state index contributed by atoms with van der Waals surface area (Å²) in [5.41, 5.74) is 0. The molecule has 0 aliphatic carbocycles. The van der Waals surface area contributed by atoms with Gasteiger partial charge in [0, 0.05) is 19.3 Å². The van der Waals surface area contributed by atoms with Gasteiger partial charge < -0.3 is 14.2 Å². The molecular formula is C53H98O6. The van der Waals surface area contributed by atoms with Crippen LogP contribution in [0.25, 0.3) is 0 Å². The van der Waals surface area contributed by atoms with Crippen LogP contribution < -0.4 is 0 Å². The first-order valence-corrected chi connectivity index (χ1v) is 25.8. The topological polar surface area (TPSA) is 78.9 Å². The van der Waals surface area contributed by atoms with Gasteiger partial charge in [-0.3, -0.25) is 14.4 Å². The lowest BCUT2D eigenvalue weighted by Crippen LogP contribution is -2.30. The summed E-state index contributed by atoms with van der Waals surface area (Å²) in [6, 6.07) is 0. The van der Waals surface area contributed by atoms with E-state index in [2.05, 4.69) is 45.1 Å². The fourth-order valence-electron chi connectivity index (χ4n) is 7.52. The summed E-state index contributed by atoms with van der Waals surface area (Å²) < 4.78 is 16.8. The summed E-state index contributed by atoms with van der Waals surface area (Å²) in [5.74, 6) is -0.873. The molecule has 346 valence electrons. The molecule has 1 atom stereocenters. The third kappa shape index (κ3) is 46.8. The number of carbonyl (C=O) groups is 3. The summed E-state index contributed by atoms with van der Waals surface area (Å²) in [6.07, 6.45) is 54.4. The molecule has 0 aromatic rings. The number of allylic oxidation sites excluding steroid dienone is 4. The van der Waals surface area contributed by atoms with Crippen LogP contribution in [-0.2, 0) is 28.6 Å². The smallest absolute Gasteiger partial charge is 0.306 e. The van der Waals surface area contributed by atoms with Crippen LogP contribution in [0.1, 0.15) is 278 Å². The normalized spacial score (nSPS) is 12.1. The van der Waals surface area contributed by atoms with Gasteiger partial charge in [-0.2, -0.15) is 0 Å². The average Bonchev–Trinajstić information content (AvgIpc) is 3.23. The molecule has 0 N–H and O–H groups in total. The van der Waals surface area contributed by atoms with Crippen LogP contribution in [0.4, 0.5) is 0 Å². The lowest BCUT2D eigenvalue weighted by molar-refractivity contribution is -0.167. The van der Waals surface area contributed by atoms with E-state index in [4.69, 9.17) is 14.2 Å². The standard InChI is InChI=1S/C53H98O6/c1-4-7-10-13-16-19-22-24-26-27-29-31-34-37-40-43-46-52(55)58-49-50(48-57-51(54)45-42-39-36-33-30-21-18-15-12-9-6-3)59-53(56)47-44-41-38-35-32-28-25-23-20-17-14-11-8-5-2/h14,17,23,25,50H,4-13,15-16,18-22,24,26-49H2,1-3H3/b17-14-,25-23-/t50-/m1/s1. The summed E-state index contributed by atoms with van der Waals surface area (Å²) in [6.45, 7) is 6.61. The second kappa shape index (κ2) is 48.6. The van der Waals surface area contributed by atoms with E-state index in [1.807, 2.05) is 0 Å². The van der Waals surface area contributed by atoms with Crippen molar-refractivity contribution in [3.63, 3.8) is 0 Å². The minimum absolute atomic E-state index is 0.0722. The molecule has 0 spiro atoms. The Balaban J connectivity index is 4.33. The Morgan fingerprint density at radius 2 is 0.627 bits per heavy atom. The predicted octanol–water partition coefficient (Wildman–Crippen LogP) is 16.8. The van der Waals surface area contributed by atoms with Gasteiger partial charge in [0.15, 0.2) is 6.10 Å². The Morgan fingerprint density at radius 3 is 0.983 bits per heavy atom. The Kier molecular flexibility index (Phi) is 46.8. The molecule has 0 aromatic carbocycles. The van der Waals surface area contributed by atoms with Gasteiger partial charge in [-0.25, -0.2) is 0 Å². The van der Waals surface area contributed by atoms with Crippen LogP contribution >= 0.6 is 0 Å². The number of hydrogen-bond acceptors (Lipinski definition) is 6. The largest absolute Gasteiger partial charge is 0.462 e.